The number of hydrogen-bond acceptors (Lipinski definition) is 3. The summed E-state index contributed by atoms with van der Waals surface area (Å²) in [6.07, 6.45) is 2.97. The normalized spacial score (nSPS) is 10.5. The number of carbonyl (C=O) groups excluding carboxylic acids is 2. The average molecular weight is 387 g/mol. The number of rotatable bonds is 5. The summed E-state index contributed by atoms with van der Waals surface area (Å²) in [4.78, 5) is 31.6. The van der Waals surface area contributed by atoms with Crippen molar-refractivity contribution in [3.8, 4) is 0 Å². The van der Waals surface area contributed by atoms with Crippen molar-refractivity contribution in [2.45, 2.75) is 27.7 Å². The lowest BCUT2D eigenvalue weighted by Gasteiger charge is -2.21. The maximum atomic E-state index is 13.1. The third-order valence-electron chi connectivity index (χ3n) is 4.97. The number of aromatic nitrogens is 1. The average Bonchev–Trinajstić information content (AvgIpc) is 2.72. The second-order valence-corrected chi connectivity index (χ2v) is 7.05. The summed E-state index contributed by atoms with van der Waals surface area (Å²) in [7, 11) is 0. The molecular weight excluding hydrogens is 362 g/mol. The van der Waals surface area contributed by atoms with Crippen LogP contribution in [0.3, 0.4) is 0 Å². The van der Waals surface area contributed by atoms with Gasteiger partial charge in [-0.2, -0.15) is 0 Å². The molecule has 5 nitrogen and oxygen atoms in total. The molecule has 5 heteroatoms. The molecule has 0 aliphatic carbocycles. The van der Waals surface area contributed by atoms with Crippen LogP contribution >= 0.6 is 0 Å². The van der Waals surface area contributed by atoms with Gasteiger partial charge in [0.2, 0.25) is 0 Å². The van der Waals surface area contributed by atoms with Gasteiger partial charge in [-0.3, -0.25) is 14.6 Å². The van der Waals surface area contributed by atoms with E-state index in [4.69, 9.17) is 0 Å². The van der Waals surface area contributed by atoms with E-state index in [1.165, 1.54) is 12.4 Å². The molecule has 0 unspecified atom stereocenters. The van der Waals surface area contributed by atoms with Crippen molar-refractivity contribution in [2.75, 3.05) is 16.8 Å². The van der Waals surface area contributed by atoms with Gasteiger partial charge in [0, 0.05) is 30.3 Å². The van der Waals surface area contributed by atoms with Crippen LogP contribution in [-0.2, 0) is 0 Å². The van der Waals surface area contributed by atoms with Gasteiger partial charge < -0.3 is 10.2 Å². The number of hydrogen-bond donors (Lipinski definition) is 1. The van der Waals surface area contributed by atoms with Crippen LogP contribution in [0.5, 0.6) is 0 Å². The maximum absolute atomic E-state index is 13.1. The number of nitrogens with one attached hydrogen (secondary N) is 1. The summed E-state index contributed by atoms with van der Waals surface area (Å²) >= 11 is 0. The molecule has 3 aromatic rings. The van der Waals surface area contributed by atoms with E-state index in [-0.39, 0.29) is 11.8 Å². The molecule has 1 aromatic heterocycles. The Kier molecular flexibility index (Phi) is 6.07. The molecule has 29 heavy (non-hydrogen) atoms. The van der Waals surface area contributed by atoms with E-state index < -0.39 is 0 Å². The highest BCUT2D eigenvalue weighted by molar-refractivity contribution is 6.09. The van der Waals surface area contributed by atoms with Gasteiger partial charge in [0.25, 0.3) is 11.8 Å². The lowest BCUT2D eigenvalue weighted by Crippen LogP contribution is -2.31. The van der Waals surface area contributed by atoms with Gasteiger partial charge in [0.05, 0.1) is 11.1 Å². The Morgan fingerprint density at radius 2 is 1.69 bits per heavy atom. The number of carbonyl (C=O) groups is 2. The Morgan fingerprint density at radius 3 is 2.41 bits per heavy atom. The fourth-order valence-electron chi connectivity index (χ4n) is 3.16. The summed E-state index contributed by atoms with van der Waals surface area (Å²) < 4.78 is 0. The van der Waals surface area contributed by atoms with Gasteiger partial charge in [-0.15, -0.1) is 0 Å². The minimum atomic E-state index is -0.292. The van der Waals surface area contributed by atoms with Crippen LogP contribution in [0.1, 0.15) is 44.3 Å². The molecule has 0 saturated heterocycles. The van der Waals surface area contributed by atoms with Gasteiger partial charge in [0.15, 0.2) is 0 Å². The minimum Gasteiger partial charge on any atom is -0.322 e. The van der Waals surface area contributed by atoms with Gasteiger partial charge in [-0.1, -0.05) is 24.3 Å². The zero-order valence-corrected chi connectivity index (χ0v) is 17.2. The van der Waals surface area contributed by atoms with Crippen LogP contribution in [-0.4, -0.2) is 23.3 Å². The van der Waals surface area contributed by atoms with Crippen molar-refractivity contribution in [3.63, 3.8) is 0 Å². The van der Waals surface area contributed by atoms with Gasteiger partial charge in [-0.25, -0.2) is 0 Å². The molecular formula is C24H25N3O2. The van der Waals surface area contributed by atoms with E-state index in [1.54, 1.807) is 11.0 Å². The zero-order chi connectivity index (χ0) is 21.0. The second-order valence-electron chi connectivity index (χ2n) is 7.05. The number of pyridine rings is 1. The molecule has 0 aliphatic heterocycles. The molecule has 0 saturated carbocycles. The van der Waals surface area contributed by atoms with Crippen molar-refractivity contribution in [1.82, 2.24) is 4.98 Å². The lowest BCUT2D eigenvalue weighted by atomic mass is 10.1. The van der Waals surface area contributed by atoms with E-state index in [0.29, 0.717) is 17.7 Å². The quantitative estimate of drug-likeness (QED) is 0.675. The highest BCUT2D eigenvalue weighted by atomic mass is 16.2. The molecule has 0 bridgehead atoms. The Hall–Kier alpha value is -3.47. The van der Waals surface area contributed by atoms with E-state index in [1.807, 2.05) is 70.2 Å². The molecule has 2 amide bonds. The number of amides is 2. The monoisotopic (exact) mass is 387 g/mol. The third-order valence-corrected chi connectivity index (χ3v) is 4.97. The van der Waals surface area contributed by atoms with Gasteiger partial charge >= 0.3 is 0 Å². The van der Waals surface area contributed by atoms with Crippen LogP contribution in [0.4, 0.5) is 11.4 Å². The van der Waals surface area contributed by atoms with E-state index in [9.17, 15) is 9.59 Å². The Morgan fingerprint density at radius 1 is 0.966 bits per heavy atom. The predicted octanol–water partition coefficient (Wildman–Crippen LogP) is 4.93. The highest BCUT2D eigenvalue weighted by Crippen LogP contribution is 2.21. The Balaban J connectivity index is 1.85. The fraction of sp³-hybridized carbons (Fsp3) is 0.208. The SMILES string of the molecule is CCN(C(=O)c1cncc(C(=O)Nc2cccc(C)c2C)c1)c1cccc(C)c1. The predicted molar refractivity (Wildman–Crippen MR) is 117 cm³/mol. The molecule has 1 N–H and O–H groups in total. The molecule has 0 atom stereocenters. The van der Waals surface area contributed by atoms with Crippen LogP contribution in [0, 0.1) is 20.8 Å². The summed E-state index contributed by atoms with van der Waals surface area (Å²) in [5.74, 6) is -0.480. The summed E-state index contributed by atoms with van der Waals surface area (Å²) in [5, 5.41) is 2.91. The van der Waals surface area contributed by atoms with Crippen molar-refractivity contribution in [2.24, 2.45) is 0 Å². The van der Waals surface area contributed by atoms with Gasteiger partial charge in [0.1, 0.15) is 0 Å². The zero-order valence-electron chi connectivity index (χ0n) is 17.2. The first kappa shape index (κ1) is 20.3. The maximum Gasteiger partial charge on any atom is 0.259 e. The van der Waals surface area contributed by atoms with Crippen molar-refractivity contribution in [1.29, 1.82) is 0 Å². The second kappa shape index (κ2) is 8.69. The molecule has 0 radical (unpaired) electrons. The molecule has 3 rings (SSSR count). The van der Waals surface area contributed by atoms with Gasteiger partial charge in [-0.05, 0) is 68.7 Å². The smallest absolute Gasteiger partial charge is 0.259 e. The molecule has 0 aliphatic rings. The van der Waals surface area contributed by atoms with Crippen molar-refractivity contribution >= 4 is 23.2 Å². The standard InChI is InChI=1S/C24H25N3O2/c1-5-27(21-10-6-8-16(2)12-21)24(29)20-13-19(14-25-15-20)23(28)26-22-11-7-9-17(3)18(22)4/h6-15H,5H2,1-4H3,(H,26,28). The number of nitrogens with zero attached hydrogens (tertiary/aromatic N) is 2. The first-order valence-corrected chi connectivity index (χ1v) is 9.62. The first-order valence-electron chi connectivity index (χ1n) is 9.62. The topological polar surface area (TPSA) is 62.3 Å². The van der Waals surface area contributed by atoms with Crippen LogP contribution in [0.25, 0.3) is 0 Å². The molecule has 2 aromatic carbocycles. The molecule has 1 heterocycles. The molecule has 148 valence electrons. The fourth-order valence-corrected chi connectivity index (χ4v) is 3.16. The molecule has 0 spiro atoms. The van der Waals surface area contributed by atoms with Crippen LogP contribution < -0.4 is 10.2 Å². The Bertz CT molecular complexity index is 1060. The Labute approximate surface area is 171 Å². The summed E-state index contributed by atoms with van der Waals surface area (Å²) in [6.45, 7) is 8.38. The third kappa shape index (κ3) is 4.51. The van der Waals surface area contributed by atoms with E-state index in [0.717, 1.165) is 28.1 Å². The highest BCUT2D eigenvalue weighted by Gasteiger charge is 2.18. The first-order chi connectivity index (χ1) is 13.9. The van der Waals surface area contributed by atoms with Crippen LogP contribution in [0.2, 0.25) is 0 Å². The van der Waals surface area contributed by atoms with Crippen molar-refractivity contribution in [3.05, 3.63) is 88.7 Å². The number of aryl methyl sites for hydroxylation is 2. The lowest BCUT2D eigenvalue weighted by molar-refractivity contribution is 0.0988. The minimum absolute atomic E-state index is 0.188. The van der Waals surface area contributed by atoms with E-state index >= 15 is 0 Å². The van der Waals surface area contributed by atoms with Crippen LogP contribution in [0.15, 0.2) is 60.9 Å². The largest absolute Gasteiger partial charge is 0.322 e. The number of anilines is 2. The van der Waals surface area contributed by atoms with Crippen molar-refractivity contribution < 1.29 is 9.59 Å². The summed E-state index contributed by atoms with van der Waals surface area (Å²) in [6, 6.07) is 15.1. The summed E-state index contributed by atoms with van der Waals surface area (Å²) in [5.41, 5.74) is 5.48. The number of benzene rings is 2. The van der Waals surface area contributed by atoms with E-state index in [2.05, 4.69) is 10.3 Å². The molecule has 0 fully saturated rings.